The molecule has 150 valence electrons. The third-order valence-electron chi connectivity index (χ3n) is 5.40. The molecule has 0 aliphatic carbocycles. The summed E-state index contributed by atoms with van der Waals surface area (Å²) in [7, 11) is 0. The van der Waals surface area contributed by atoms with Gasteiger partial charge in [-0.25, -0.2) is 0 Å². The molecular weight excluding hydrogens is 382 g/mol. The van der Waals surface area contributed by atoms with Crippen LogP contribution in [0.4, 0.5) is 0 Å². The fourth-order valence-electron chi connectivity index (χ4n) is 3.77. The van der Waals surface area contributed by atoms with Gasteiger partial charge in [0.2, 0.25) is 5.91 Å². The smallest absolute Gasteiger partial charge is 0.222 e. The first-order chi connectivity index (χ1) is 13.9. The van der Waals surface area contributed by atoms with E-state index in [2.05, 4.69) is 55.5 Å². The van der Waals surface area contributed by atoms with Crippen molar-refractivity contribution in [3.63, 3.8) is 0 Å². The predicted molar refractivity (Wildman–Crippen MR) is 117 cm³/mol. The van der Waals surface area contributed by atoms with Crippen LogP contribution in [-0.4, -0.2) is 23.3 Å². The molecule has 0 saturated carbocycles. The maximum absolute atomic E-state index is 12.4. The number of hydrogen-bond donors (Lipinski definition) is 1. The van der Waals surface area contributed by atoms with Crippen LogP contribution in [0.25, 0.3) is 10.4 Å². The Kier molecular flexibility index (Phi) is 5.13. The van der Waals surface area contributed by atoms with Crippen LogP contribution in [0.1, 0.15) is 58.0 Å². The molecule has 1 aliphatic rings. The highest BCUT2D eigenvalue weighted by molar-refractivity contribution is 7.16. The van der Waals surface area contributed by atoms with Gasteiger partial charge in [0.15, 0.2) is 5.76 Å². The van der Waals surface area contributed by atoms with Gasteiger partial charge >= 0.3 is 0 Å². The summed E-state index contributed by atoms with van der Waals surface area (Å²) >= 11 is 1.74. The van der Waals surface area contributed by atoms with Gasteiger partial charge in [-0.3, -0.25) is 9.79 Å². The average Bonchev–Trinajstić information content (AvgIpc) is 3.15. The lowest BCUT2D eigenvalue weighted by Crippen LogP contribution is -2.24. The first-order valence-electron chi connectivity index (χ1n) is 9.89. The molecule has 6 heteroatoms. The Labute approximate surface area is 174 Å². The third kappa shape index (κ3) is 3.42. The van der Waals surface area contributed by atoms with Crippen LogP contribution in [0.3, 0.4) is 0 Å². The molecule has 1 amide bonds. The quantitative estimate of drug-likeness (QED) is 0.658. The van der Waals surface area contributed by atoms with Crippen molar-refractivity contribution in [2.45, 2.75) is 47.1 Å². The van der Waals surface area contributed by atoms with E-state index in [0.29, 0.717) is 12.3 Å². The maximum Gasteiger partial charge on any atom is 0.222 e. The number of benzene rings is 1. The van der Waals surface area contributed by atoms with Crippen molar-refractivity contribution in [1.82, 2.24) is 10.5 Å². The minimum absolute atomic E-state index is 0.0392. The summed E-state index contributed by atoms with van der Waals surface area (Å²) in [6.07, 6.45) is 0.234. The highest BCUT2D eigenvalue weighted by Gasteiger charge is 2.34. The summed E-state index contributed by atoms with van der Waals surface area (Å²) in [6, 6.07) is 7.99. The summed E-state index contributed by atoms with van der Waals surface area (Å²) < 4.78 is 5.74. The van der Waals surface area contributed by atoms with Gasteiger partial charge in [0.1, 0.15) is 6.04 Å². The van der Waals surface area contributed by atoms with Gasteiger partial charge in [-0.05, 0) is 40.2 Å². The predicted octanol–water partition coefficient (Wildman–Crippen LogP) is 5.06. The summed E-state index contributed by atoms with van der Waals surface area (Å²) in [5.74, 6) is 0.640. The summed E-state index contributed by atoms with van der Waals surface area (Å²) in [4.78, 5) is 19.9. The molecule has 1 unspecified atom stereocenters. The van der Waals surface area contributed by atoms with E-state index in [-0.39, 0.29) is 12.3 Å². The van der Waals surface area contributed by atoms with Gasteiger partial charge in [0, 0.05) is 27.4 Å². The summed E-state index contributed by atoms with van der Waals surface area (Å²) in [6.45, 7) is 10.8. The lowest BCUT2D eigenvalue weighted by Gasteiger charge is -2.12. The topological polar surface area (TPSA) is 67.5 Å². The van der Waals surface area contributed by atoms with Crippen molar-refractivity contribution in [3.05, 3.63) is 62.9 Å². The number of aliphatic imine (C=N–C) groups is 1. The van der Waals surface area contributed by atoms with Crippen molar-refractivity contribution >= 4 is 23.0 Å². The Balaban J connectivity index is 1.96. The minimum atomic E-state index is -0.409. The van der Waals surface area contributed by atoms with E-state index in [4.69, 9.17) is 9.52 Å². The van der Waals surface area contributed by atoms with Crippen LogP contribution in [0.2, 0.25) is 0 Å². The normalized spacial score (nSPS) is 15.3. The lowest BCUT2D eigenvalue weighted by atomic mass is 9.96. The number of carbonyl (C=O) groups excluding carboxylic acids is 1. The Hall–Kier alpha value is -2.73. The fourth-order valence-corrected chi connectivity index (χ4v) is 5.04. The van der Waals surface area contributed by atoms with Crippen molar-refractivity contribution in [3.8, 4) is 10.4 Å². The standard InChI is InChI=1S/C23H25N3O2S/c1-6-24-18(27)11-17-22-20(14(4)26-28-22)23-19(13(3)15(5)29-23)21(25-17)16-9-7-12(2)8-10-16/h7-10,17H,6,11H2,1-5H3,(H,24,27). The van der Waals surface area contributed by atoms with Crippen molar-refractivity contribution in [1.29, 1.82) is 0 Å². The maximum atomic E-state index is 12.4. The SMILES string of the molecule is CCNC(=O)CC1N=C(c2ccc(C)cc2)c2c(sc(C)c2C)-c2c(C)noc21. The van der Waals surface area contributed by atoms with Crippen LogP contribution >= 0.6 is 11.3 Å². The zero-order valence-electron chi connectivity index (χ0n) is 17.4. The van der Waals surface area contributed by atoms with E-state index in [9.17, 15) is 4.79 Å². The van der Waals surface area contributed by atoms with E-state index in [0.717, 1.165) is 33.0 Å². The van der Waals surface area contributed by atoms with E-state index < -0.39 is 6.04 Å². The zero-order chi connectivity index (χ0) is 20.7. The van der Waals surface area contributed by atoms with Crippen molar-refractivity contribution in [2.75, 3.05) is 6.54 Å². The Morgan fingerprint density at radius 2 is 1.86 bits per heavy atom. The van der Waals surface area contributed by atoms with Crippen LogP contribution < -0.4 is 5.32 Å². The molecule has 5 nitrogen and oxygen atoms in total. The monoisotopic (exact) mass is 407 g/mol. The molecule has 4 rings (SSSR count). The largest absolute Gasteiger partial charge is 0.358 e. The molecule has 0 bridgehead atoms. The van der Waals surface area contributed by atoms with Gasteiger partial charge in [-0.15, -0.1) is 11.3 Å². The number of fused-ring (bicyclic) bond motifs is 3. The van der Waals surface area contributed by atoms with Gasteiger partial charge in [-0.2, -0.15) is 0 Å². The van der Waals surface area contributed by atoms with Gasteiger partial charge in [-0.1, -0.05) is 35.0 Å². The highest BCUT2D eigenvalue weighted by Crippen LogP contribution is 2.46. The minimum Gasteiger partial charge on any atom is -0.358 e. The third-order valence-corrected chi connectivity index (χ3v) is 6.63. The van der Waals surface area contributed by atoms with Crippen LogP contribution in [0.15, 0.2) is 33.8 Å². The molecular formula is C23H25N3O2S. The van der Waals surface area contributed by atoms with Crippen LogP contribution in [0.5, 0.6) is 0 Å². The molecule has 0 fully saturated rings. The van der Waals surface area contributed by atoms with E-state index in [1.54, 1.807) is 11.3 Å². The fraction of sp³-hybridized carbons (Fsp3) is 0.348. The second kappa shape index (κ2) is 7.59. The Morgan fingerprint density at radius 1 is 1.14 bits per heavy atom. The summed E-state index contributed by atoms with van der Waals surface area (Å²) in [5, 5.41) is 7.10. The number of hydrogen-bond acceptors (Lipinski definition) is 5. The van der Waals surface area contributed by atoms with Gasteiger partial charge in [0.25, 0.3) is 0 Å². The second-order valence-corrected chi connectivity index (χ2v) is 8.74. The van der Waals surface area contributed by atoms with Crippen molar-refractivity contribution < 1.29 is 9.32 Å². The molecule has 1 atom stereocenters. The number of amides is 1. The molecule has 0 saturated heterocycles. The van der Waals surface area contributed by atoms with E-state index in [1.807, 2.05) is 13.8 Å². The lowest BCUT2D eigenvalue weighted by molar-refractivity contribution is -0.121. The van der Waals surface area contributed by atoms with Crippen LogP contribution in [0, 0.1) is 27.7 Å². The zero-order valence-corrected chi connectivity index (χ0v) is 18.2. The van der Waals surface area contributed by atoms with E-state index in [1.165, 1.54) is 16.0 Å². The Morgan fingerprint density at radius 3 is 2.55 bits per heavy atom. The first-order valence-corrected chi connectivity index (χ1v) is 10.7. The Bertz CT molecular complexity index is 1110. The number of nitrogens with one attached hydrogen (secondary N) is 1. The highest BCUT2D eigenvalue weighted by atomic mass is 32.1. The number of nitrogens with zero attached hydrogens (tertiary/aromatic N) is 2. The number of thiophene rings is 1. The molecule has 29 heavy (non-hydrogen) atoms. The van der Waals surface area contributed by atoms with Crippen LogP contribution in [-0.2, 0) is 4.79 Å². The van der Waals surface area contributed by atoms with Gasteiger partial charge < -0.3 is 9.84 Å². The number of rotatable bonds is 4. The number of aromatic nitrogens is 1. The molecule has 1 N–H and O–H groups in total. The number of aryl methyl sites for hydroxylation is 3. The molecule has 1 aliphatic heterocycles. The molecule has 3 aromatic rings. The average molecular weight is 408 g/mol. The molecule has 0 radical (unpaired) electrons. The molecule has 1 aromatic carbocycles. The van der Waals surface area contributed by atoms with Crippen molar-refractivity contribution in [2.24, 2.45) is 4.99 Å². The summed E-state index contributed by atoms with van der Waals surface area (Å²) in [5.41, 5.74) is 7.34. The van der Waals surface area contributed by atoms with Gasteiger partial charge in [0.05, 0.1) is 23.4 Å². The van der Waals surface area contributed by atoms with E-state index >= 15 is 0 Å². The molecule has 2 aromatic heterocycles. The molecule has 0 spiro atoms. The number of carbonyl (C=O) groups is 1. The first kappa shape index (κ1) is 19.6. The second-order valence-electron chi connectivity index (χ2n) is 7.51. The molecule has 3 heterocycles.